The molecule has 2 fully saturated rings. The number of amides is 1. The van der Waals surface area contributed by atoms with Gasteiger partial charge >= 0.3 is 0 Å². The molecule has 7 nitrogen and oxygen atoms in total. The van der Waals surface area contributed by atoms with E-state index in [-0.39, 0.29) is 28.0 Å². The lowest BCUT2D eigenvalue weighted by Crippen LogP contribution is -3.15. The molecule has 2 heterocycles. The van der Waals surface area contributed by atoms with E-state index in [1.165, 1.54) is 10.4 Å². The van der Waals surface area contributed by atoms with Gasteiger partial charge in [-0.1, -0.05) is 23.7 Å². The van der Waals surface area contributed by atoms with E-state index in [0.29, 0.717) is 45.8 Å². The van der Waals surface area contributed by atoms with Crippen LogP contribution < -0.4 is 4.90 Å². The molecule has 9 heteroatoms. The number of nitrogens with one attached hydrogen (secondary N) is 1. The number of quaternary nitrogens is 1. The maximum atomic E-state index is 12.8. The Morgan fingerprint density at radius 2 is 1.78 bits per heavy atom. The monoisotopic (exact) mass is 416 g/mol. The second-order valence-corrected chi connectivity index (χ2v) is 9.63. The lowest BCUT2D eigenvalue weighted by atomic mass is 10.2. The van der Waals surface area contributed by atoms with E-state index in [2.05, 4.69) is 0 Å². The van der Waals surface area contributed by atoms with Gasteiger partial charge in [0.2, 0.25) is 10.0 Å². The van der Waals surface area contributed by atoms with Crippen molar-refractivity contribution >= 4 is 27.5 Å². The average Bonchev–Trinajstić information content (AvgIpc) is 2.61. The van der Waals surface area contributed by atoms with Crippen molar-refractivity contribution < 1.29 is 22.8 Å². The molecule has 0 radical (unpaired) electrons. The van der Waals surface area contributed by atoms with Gasteiger partial charge in [0.05, 0.1) is 43.4 Å². The standard InChI is InChI=1S/C18H26ClN3O4S/c1-14-11-21(12-15(2)26-14)18(23)13-20-7-9-22(10-8-20)27(24,25)17-6-4-3-5-16(17)19/h3-6,14-15H,7-13H2,1-2H3/p+1/t14-,15-/m1/s1. The van der Waals surface area contributed by atoms with Crippen LogP contribution in [0.5, 0.6) is 0 Å². The van der Waals surface area contributed by atoms with Crippen LogP contribution in [-0.4, -0.2) is 81.6 Å². The zero-order chi connectivity index (χ0) is 19.6. The van der Waals surface area contributed by atoms with Crippen LogP contribution in [0.25, 0.3) is 0 Å². The van der Waals surface area contributed by atoms with Crippen LogP contribution in [0.3, 0.4) is 0 Å². The van der Waals surface area contributed by atoms with Crippen molar-refractivity contribution in [1.29, 1.82) is 0 Å². The fourth-order valence-corrected chi connectivity index (χ4v) is 5.65. The lowest BCUT2D eigenvalue weighted by molar-refractivity contribution is -0.896. The molecule has 150 valence electrons. The zero-order valence-corrected chi connectivity index (χ0v) is 17.3. The van der Waals surface area contributed by atoms with Gasteiger partial charge in [-0.2, -0.15) is 4.31 Å². The Labute approximate surface area is 165 Å². The molecule has 2 aliphatic heterocycles. The summed E-state index contributed by atoms with van der Waals surface area (Å²) >= 11 is 6.06. The molecule has 2 atom stereocenters. The predicted octanol–water partition coefficient (Wildman–Crippen LogP) is -0.135. The summed E-state index contributed by atoms with van der Waals surface area (Å²) in [6, 6.07) is 6.49. The normalized spacial score (nSPS) is 25.5. The SMILES string of the molecule is C[C@@H]1CN(C(=O)C[NH+]2CCN(S(=O)(=O)c3ccccc3Cl)CC2)C[C@@H](C)O1. The van der Waals surface area contributed by atoms with Crippen molar-refractivity contribution in [3.8, 4) is 0 Å². The van der Waals surface area contributed by atoms with Gasteiger partial charge in [0, 0.05) is 13.1 Å². The molecule has 0 unspecified atom stereocenters. The molecule has 1 aromatic rings. The fourth-order valence-electron chi connectivity index (χ4n) is 3.72. The molecule has 0 aromatic heterocycles. The number of morpholine rings is 1. The molecular formula is C18H27ClN3O4S+. The molecule has 0 spiro atoms. The summed E-state index contributed by atoms with van der Waals surface area (Å²) in [5, 5.41) is 0.234. The van der Waals surface area contributed by atoms with Crippen molar-refractivity contribution in [1.82, 2.24) is 9.21 Å². The predicted molar refractivity (Wildman–Crippen MR) is 102 cm³/mol. The average molecular weight is 417 g/mol. The Morgan fingerprint density at radius 3 is 2.37 bits per heavy atom. The molecule has 1 amide bonds. The molecule has 0 aliphatic carbocycles. The van der Waals surface area contributed by atoms with Gasteiger partial charge in [0.1, 0.15) is 4.90 Å². The number of rotatable bonds is 4. The second-order valence-electron chi connectivity index (χ2n) is 7.32. The number of nitrogens with zero attached hydrogens (tertiary/aromatic N) is 2. The highest BCUT2D eigenvalue weighted by molar-refractivity contribution is 7.89. The molecule has 2 aliphatic rings. The third-order valence-corrected chi connectivity index (χ3v) is 7.46. The van der Waals surface area contributed by atoms with Crippen molar-refractivity contribution in [3.05, 3.63) is 29.3 Å². The van der Waals surface area contributed by atoms with E-state index < -0.39 is 10.0 Å². The molecule has 3 rings (SSSR count). The minimum atomic E-state index is -3.60. The Hall–Kier alpha value is -1.19. The van der Waals surface area contributed by atoms with E-state index in [1.807, 2.05) is 18.7 Å². The number of ether oxygens (including phenoxy) is 1. The summed E-state index contributed by atoms with van der Waals surface area (Å²) in [7, 11) is -3.60. The number of benzene rings is 1. The van der Waals surface area contributed by atoms with Crippen LogP contribution in [0.4, 0.5) is 0 Å². The van der Waals surface area contributed by atoms with Crippen LogP contribution in [0.1, 0.15) is 13.8 Å². The topological polar surface area (TPSA) is 71.4 Å². The first-order valence-corrected chi connectivity index (χ1v) is 11.1. The number of halogens is 1. The van der Waals surface area contributed by atoms with Gasteiger partial charge in [-0.25, -0.2) is 8.42 Å². The van der Waals surface area contributed by atoms with Crippen LogP contribution >= 0.6 is 11.6 Å². The second kappa shape index (κ2) is 8.45. The van der Waals surface area contributed by atoms with E-state index in [0.717, 1.165) is 4.90 Å². The third-order valence-electron chi connectivity index (χ3n) is 5.06. The maximum absolute atomic E-state index is 12.8. The van der Waals surface area contributed by atoms with Gasteiger partial charge in [-0.05, 0) is 26.0 Å². The fraction of sp³-hybridized carbons (Fsp3) is 0.611. The lowest BCUT2D eigenvalue weighted by Gasteiger charge is -2.37. The highest BCUT2D eigenvalue weighted by atomic mass is 35.5. The molecule has 2 saturated heterocycles. The maximum Gasteiger partial charge on any atom is 0.277 e. The van der Waals surface area contributed by atoms with E-state index in [4.69, 9.17) is 16.3 Å². The molecular weight excluding hydrogens is 390 g/mol. The van der Waals surface area contributed by atoms with Crippen molar-refractivity contribution in [3.63, 3.8) is 0 Å². The third kappa shape index (κ3) is 4.81. The Kier molecular flexibility index (Phi) is 6.43. The van der Waals surface area contributed by atoms with Gasteiger partial charge in [0.15, 0.2) is 6.54 Å². The van der Waals surface area contributed by atoms with E-state index >= 15 is 0 Å². The smallest absolute Gasteiger partial charge is 0.277 e. The van der Waals surface area contributed by atoms with E-state index in [9.17, 15) is 13.2 Å². The Bertz CT molecular complexity index is 771. The molecule has 1 N–H and O–H groups in total. The van der Waals surface area contributed by atoms with Crippen molar-refractivity contribution in [2.45, 2.75) is 31.0 Å². The zero-order valence-electron chi connectivity index (χ0n) is 15.7. The minimum absolute atomic E-state index is 0.0466. The summed E-state index contributed by atoms with van der Waals surface area (Å²) in [4.78, 5) is 15.7. The van der Waals surface area contributed by atoms with Crippen LogP contribution in [0, 0.1) is 0 Å². The first kappa shape index (κ1) is 20.5. The van der Waals surface area contributed by atoms with Crippen LogP contribution in [-0.2, 0) is 19.6 Å². The van der Waals surface area contributed by atoms with Crippen LogP contribution in [0.15, 0.2) is 29.2 Å². The van der Waals surface area contributed by atoms with Gasteiger partial charge in [0.25, 0.3) is 5.91 Å². The van der Waals surface area contributed by atoms with E-state index in [1.54, 1.807) is 18.2 Å². The van der Waals surface area contributed by atoms with Crippen molar-refractivity contribution in [2.75, 3.05) is 45.8 Å². The highest BCUT2D eigenvalue weighted by Crippen LogP contribution is 2.24. The molecule has 1 aromatic carbocycles. The molecule has 0 bridgehead atoms. The highest BCUT2D eigenvalue weighted by Gasteiger charge is 2.34. The summed E-state index contributed by atoms with van der Waals surface area (Å²) in [5.41, 5.74) is 0. The summed E-state index contributed by atoms with van der Waals surface area (Å²) in [6.07, 6.45) is 0.0932. The number of piperazine rings is 1. The quantitative estimate of drug-likeness (QED) is 0.742. The number of carbonyl (C=O) groups excluding carboxylic acids is 1. The largest absolute Gasteiger partial charge is 0.372 e. The summed E-state index contributed by atoms with van der Waals surface area (Å²) in [6.45, 7) is 7.53. The first-order chi connectivity index (χ1) is 12.8. The Balaban J connectivity index is 1.56. The number of hydrogen-bond donors (Lipinski definition) is 1. The number of hydrogen-bond acceptors (Lipinski definition) is 4. The summed E-state index contributed by atoms with van der Waals surface area (Å²) < 4.78 is 32.7. The van der Waals surface area contributed by atoms with Crippen LogP contribution in [0.2, 0.25) is 5.02 Å². The first-order valence-electron chi connectivity index (χ1n) is 9.29. The van der Waals surface area contributed by atoms with Crippen molar-refractivity contribution in [2.24, 2.45) is 0 Å². The van der Waals surface area contributed by atoms with Gasteiger partial charge in [-0.15, -0.1) is 0 Å². The van der Waals surface area contributed by atoms with Gasteiger partial charge < -0.3 is 14.5 Å². The minimum Gasteiger partial charge on any atom is -0.372 e. The number of carbonyl (C=O) groups is 1. The molecule has 27 heavy (non-hydrogen) atoms. The van der Waals surface area contributed by atoms with Gasteiger partial charge in [-0.3, -0.25) is 4.79 Å². The summed E-state index contributed by atoms with van der Waals surface area (Å²) in [5.74, 6) is 0.106. The Morgan fingerprint density at radius 1 is 1.19 bits per heavy atom. The number of sulfonamides is 1. The molecule has 0 saturated carbocycles.